The molecule has 2 aromatic carbocycles. The summed E-state index contributed by atoms with van der Waals surface area (Å²) < 4.78 is 24.4. The number of anilines is 2. The van der Waals surface area contributed by atoms with Gasteiger partial charge in [-0.05, 0) is 36.8 Å². The maximum absolute atomic E-state index is 13.2. The van der Waals surface area contributed by atoms with Crippen LogP contribution in [0.15, 0.2) is 48.7 Å². The number of rotatable bonds is 3. The average Bonchev–Trinajstić information content (AvgIpc) is 3.07. The second-order valence-electron chi connectivity index (χ2n) is 5.95. The number of carbonyl (C=O) groups excluding carboxylic acids is 1. The molecule has 27 heavy (non-hydrogen) atoms. The molecule has 0 spiro atoms. The van der Waals surface area contributed by atoms with Gasteiger partial charge in [0.25, 0.3) is 0 Å². The van der Waals surface area contributed by atoms with Crippen molar-refractivity contribution >= 4 is 28.2 Å². The Morgan fingerprint density at radius 2 is 2.22 bits per heavy atom. The fourth-order valence-corrected chi connectivity index (χ4v) is 3.39. The van der Waals surface area contributed by atoms with E-state index < -0.39 is 0 Å². The Balaban J connectivity index is 1.47. The van der Waals surface area contributed by atoms with Crippen LogP contribution >= 0.6 is 11.3 Å². The molecule has 0 unspecified atom stereocenters. The Bertz CT molecular complexity index is 992. The molecule has 2 heterocycles. The molecule has 138 valence electrons. The van der Waals surface area contributed by atoms with E-state index in [1.54, 1.807) is 17.0 Å². The summed E-state index contributed by atoms with van der Waals surface area (Å²) in [5.41, 5.74) is 1.77. The van der Waals surface area contributed by atoms with Gasteiger partial charge in [0, 0.05) is 6.07 Å². The van der Waals surface area contributed by atoms with E-state index >= 15 is 0 Å². The monoisotopic (exact) mass is 385 g/mol. The molecule has 0 bridgehead atoms. The highest BCUT2D eigenvalue weighted by Gasteiger charge is 2.24. The first-order chi connectivity index (χ1) is 13.1. The van der Waals surface area contributed by atoms with Crippen molar-refractivity contribution in [2.24, 2.45) is 0 Å². The van der Waals surface area contributed by atoms with Crippen LogP contribution in [0.2, 0.25) is 0 Å². The minimum atomic E-state index is -0.383. The topological polar surface area (TPSA) is 63.7 Å². The Morgan fingerprint density at radius 3 is 3.07 bits per heavy atom. The molecule has 1 aromatic heterocycles. The van der Waals surface area contributed by atoms with Crippen LogP contribution in [0.5, 0.6) is 16.6 Å². The first kappa shape index (κ1) is 17.3. The number of amides is 2. The van der Waals surface area contributed by atoms with Crippen LogP contribution < -0.4 is 19.7 Å². The molecule has 0 aliphatic carbocycles. The van der Waals surface area contributed by atoms with Gasteiger partial charge in [0.15, 0.2) is 5.13 Å². The van der Waals surface area contributed by atoms with Gasteiger partial charge in [0.1, 0.15) is 23.9 Å². The van der Waals surface area contributed by atoms with Crippen LogP contribution in [0.1, 0.15) is 5.56 Å². The third kappa shape index (κ3) is 3.85. The number of nitrogens with zero attached hydrogens (tertiary/aromatic N) is 2. The standard InChI is InChI=1S/C19H16FN3O3S/c1-12-5-6-16-15(9-12)23(7-8-25-16)19(24)22-18-21-11-17(27-18)26-14-4-2-3-13(20)10-14/h2-6,9-11H,7-8H2,1H3,(H,21,22,24). The van der Waals surface area contributed by atoms with E-state index in [1.807, 2.05) is 25.1 Å². The van der Waals surface area contributed by atoms with Crippen molar-refractivity contribution in [1.82, 2.24) is 4.98 Å². The van der Waals surface area contributed by atoms with Crippen molar-refractivity contribution in [1.29, 1.82) is 0 Å². The van der Waals surface area contributed by atoms with E-state index in [0.29, 0.717) is 34.8 Å². The predicted octanol–water partition coefficient (Wildman–Crippen LogP) is 4.81. The number of hydrogen-bond donors (Lipinski definition) is 1. The number of ether oxygens (including phenoxy) is 2. The number of nitrogens with one attached hydrogen (secondary N) is 1. The third-order valence-corrected chi connectivity index (χ3v) is 4.73. The van der Waals surface area contributed by atoms with Gasteiger partial charge in [0.05, 0.1) is 18.4 Å². The minimum Gasteiger partial charge on any atom is -0.490 e. The molecular formula is C19H16FN3O3S. The van der Waals surface area contributed by atoms with Crippen molar-refractivity contribution in [2.45, 2.75) is 6.92 Å². The van der Waals surface area contributed by atoms with Gasteiger partial charge < -0.3 is 9.47 Å². The van der Waals surface area contributed by atoms with E-state index in [1.165, 1.54) is 18.3 Å². The fourth-order valence-electron chi connectivity index (χ4n) is 2.71. The van der Waals surface area contributed by atoms with Crippen LogP contribution in [0.3, 0.4) is 0 Å². The lowest BCUT2D eigenvalue weighted by Gasteiger charge is -2.29. The third-order valence-electron chi connectivity index (χ3n) is 3.94. The predicted molar refractivity (Wildman–Crippen MR) is 102 cm³/mol. The summed E-state index contributed by atoms with van der Waals surface area (Å²) in [4.78, 5) is 18.5. The summed E-state index contributed by atoms with van der Waals surface area (Å²) >= 11 is 1.16. The van der Waals surface area contributed by atoms with Crippen molar-refractivity contribution in [2.75, 3.05) is 23.4 Å². The summed E-state index contributed by atoms with van der Waals surface area (Å²) in [6.07, 6.45) is 1.49. The molecule has 3 aromatic rings. The molecule has 0 radical (unpaired) electrons. The SMILES string of the molecule is Cc1ccc2c(c1)N(C(=O)Nc1ncc(Oc3cccc(F)c3)s1)CCO2. The lowest BCUT2D eigenvalue weighted by molar-refractivity contribution is 0.250. The molecule has 2 amide bonds. The molecule has 1 N–H and O–H groups in total. The Kier molecular flexibility index (Phi) is 4.64. The number of benzene rings is 2. The summed E-state index contributed by atoms with van der Waals surface area (Å²) in [5.74, 6) is 0.664. The van der Waals surface area contributed by atoms with Gasteiger partial charge in [-0.3, -0.25) is 10.2 Å². The van der Waals surface area contributed by atoms with Crippen molar-refractivity contribution in [3.63, 3.8) is 0 Å². The Morgan fingerprint density at radius 1 is 1.33 bits per heavy atom. The molecule has 0 saturated carbocycles. The second kappa shape index (κ2) is 7.24. The zero-order chi connectivity index (χ0) is 18.8. The zero-order valence-corrected chi connectivity index (χ0v) is 15.3. The second-order valence-corrected chi connectivity index (χ2v) is 6.94. The number of aromatic nitrogens is 1. The van der Waals surface area contributed by atoms with Crippen molar-refractivity contribution in [3.8, 4) is 16.6 Å². The van der Waals surface area contributed by atoms with Crippen LogP contribution in [0.25, 0.3) is 0 Å². The first-order valence-electron chi connectivity index (χ1n) is 8.30. The van der Waals surface area contributed by atoms with E-state index in [4.69, 9.17) is 9.47 Å². The first-order valence-corrected chi connectivity index (χ1v) is 9.11. The number of thiazole rings is 1. The molecule has 6 nitrogen and oxygen atoms in total. The number of halogens is 1. The summed E-state index contributed by atoms with van der Waals surface area (Å²) in [6, 6.07) is 11.2. The summed E-state index contributed by atoms with van der Waals surface area (Å²) in [6.45, 7) is 2.83. The zero-order valence-electron chi connectivity index (χ0n) is 14.4. The lowest BCUT2D eigenvalue weighted by atomic mass is 10.2. The van der Waals surface area contributed by atoms with E-state index in [9.17, 15) is 9.18 Å². The minimum absolute atomic E-state index is 0.295. The number of aryl methyl sites for hydroxylation is 1. The smallest absolute Gasteiger partial charge is 0.328 e. The molecule has 1 aliphatic heterocycles. The molecule has 4 rings (SSSR count). The van der Waals surface area contributed by atoms with Crippen LogP contribution in [0, 0.1) is 12.7 Å². The van der Waals surface area contributed by atoms with Gasteiger partial charge in [-0.25, -0.2) is 14.2 Å². The molecule has 1 aliphatic rings. The van der Waals surface area contributed by atoms with Gasteiger partial charge in [0.2, 0.25) is 5.06 Å². The van der Waals surface area contributed by atoms with Gasteiger partial charge in [-0.1, -0.05) is 23.5 Å². The molecule has 0 saturated heterocycles. The summed E-state index contributed by atoms with van der Waals surface area (Å²) in [5, 5.41) is 3.62. The quantitative estimate of drug-likeness (QED) is 0.702. The maximum Gasteiger partial charge on any atom is 0.328 e. The van der Waals surface area contributed by atoms with Gasteiger partial charge >= 0.3 is 6.03 Å². The van der Waals surface area contributed by atoms with Crippen molar-refractivity contribution in [3.05, 3.63) is 60.0 Å². The highest BCUT2D eigenvalue weighted by Crippen LogP contribution is 2.34. The Labute approximate surface area is 159 Å². The lowest BCUT2D eigenvalue weighted by Crippen LogP contribution is -2.40. The van der Waals surface area contributed by atoms with Crippen LogP contribution in [0.4, 0.5) is 20.0 Å². The van der Waals surface area contributed by atoms with Crippen LogP contribution in [-0.4, -0.2) is 24.2 Å². The number of urea groups is 1. The molecule has 0 atom stereocenters. The molecule has 0 fully saturated rings. The Hall–Kier alpha value is -3.13. The van der Waals surface area contributed by atoms with Gasteiger partial charge in [-0.15, -0.1) is 0 Å². The largest absolute Gasteiger partial charge is 0.490 e. The average molecular weight is 385 g/mol. The van der Waals surface area contributed by atoms with E-state index in [-0.39, 0.29) is 11.8 Å². The molecular weight excluding hydrogens is 369 g/mol. The van der Waals surface area contributed by atoms with E-state index in [0.717, 1.165) is 22.6 Å². The molecule has 8 heteroatoms. The fraction of sp³-hybridized carbons (Fsp3) is 0.158. The van der Waals surface area contributed by atoms with E-state index in [2.05, 4.69) is 10.3 Å². The maximum atomic E-state index is 13.2. The highest BCUT2D eigenvalue weighted by atomic mass is 32.1. The highest BCUT2D eigenvalue weighted by molar-refractivity contribution is 7.17. The number of fused-ring (bicyclic) bond motifs is 1. The van der Waals surface area contributed by atoms with Crippen LogP contribution in [-0.2, 0) is 0 Å². The number of hydrogen-bond acceptors (Lipinski definition) is 5. The summed E-state index contributed by atoms with van der Waals surface area (Å²) in [7, 11) is 0. The number of carbonyl (C=O) groups is 1. The normalized spacial score (nSPS) is 12.9. The van der Waals surface area contributed by atoms with Gasteiger partial charge in [-0.2, -0.15) is 0 Å². The van der Waals surface area contributed by atoms with Crippen molar-refractivity contribution < 1.29 is 18.7 Å².